The molecule has 3 rings (SSSR count). The summed E-state index contributed by atoms with van der Waals surface area (Å²) in [6, 6.07) is 18.0. The largest absolute Gasteiger partial charge is 0.339 e. The average Bonchev–Trinajstić information content (AvgIpc) is 2.67. The number of carbonyl (C=O) groups excluding carboxylic acids is 2. The second-order valence-corrected chi connectivity index (χ2v) is 6.97. The molecule has 0 radical (unpaired) electrons. The van der Waals surface area contributed by atoms with E-state index in [0.717, 1.165) is 17.5 Å². The van der Waals surface area contributed by atoms with Crippen molar-refractivity contribution in [2.45, 2.75) is 38.8 Å². The van der Waals surface area contributed by atoms with Gasteiger partial charge in [-0.3, -0.25) is 9.59 Å². The Kier molecular flexibility index (Phi) is 5.40. The van der Waals surface area contributed by atoms with Crippen molar-refractivity contribution in [1.29, 1.82) is 0 Å². The molecule has 1 heterocycles. The SMILES string of the molecule is CC(=O)N1CCc2ccccc2C1CC(=O)N(C)C(C)c1ccccc1. The molecular weight excluding hydrogens is 324 g/mol. The highest BCUT2D eigenvalue weighted by Crippen LogP contribution is 2.33. The minimum atomic E-state index is -0.185. The topological polar surface area (TPSA) is 40.6 Å². The number of rotatable bonds is 4. The molecule has 0 spiro atoms. The Balaban J connectivity index is 1.81. The van der Waals surface area contributed by atoms with Crippen LogP contribution < -0.4 is 0 Å². The molecule has 0 fully saturated rings. The Morgan fingerprint density at radius 3 is 2.46 bits per heavy atom. The lowest BCUT2D eigenvalue weighted by Crippen LogP contribution is -2.41. The Labute approximate surface area is 155 Å². The fourth-order valence-electron chi connectivity index (χ4n) is 3.73. The fourth-order valence-corrected chi connectivity index (χ4v) is 3.73. The number of benzene rings is 2. The van der Waals surface area contributed by atoms with E-state index in [0.29, 0.717) is 13.0 Å². The van der Waals surface area contributed by atoms with Crippen LogP contribution >= 0.6 is 0 Å². The summed E-state index contributed by atoms with van der Waals surface area (Å²) in [5.74, 6) is 0.0744. The number of nitrogens with zero attached hydrogens (tertiary/aromatic N) is 2. The predicted octanol–water partition coefficient (Wildman–Crippen LogP) is 3.74. The zero-order valence-electron chi connectivity index (χ0n) is 15.7. The van der Waals surface area contributed by atoms with Gasteiger partial charge in [0, 0.05) is 20.5 Å². The van der Waals surface area contributed by atoms with Crippen molar-refractivity contribution in [3.05, 3.63) is 71.3 Å². The van der Waals surface area contributed by atoms with E-state index in [1.165, 1.54) is 5.56 Å². The third kappa shape index (κ3) is 3.64. The lowest BCUT2D eigenvalue weighted by Gasteiger charge is -2.38. The molecule has 26 heavy (non-hydrogen) atoms. The van der Waals surface area contributed by atoms with Crippen LogP contribution in [0.4, 0.5) is 0 Å². The molecule has 0 bridgehead atoms. The van der Waals surface area contributed by atoms with E-state index in [9.17, 15) is 9.59 Å². The molecular formula is C22H26N2O2. The normalized spacial score (nSPS) is 17.3. The molecule has 0 N–H and O–H groups in total. The standard InChI is InChI=1S/C22H26N2O2/c1-16(18-9-5-4-6-10-18)23(3)22(26)15-21-20-12-8-7-11-19(20)13-14-24(21)17(2)25/h4-12,16,21H,13-15H2,1-3H3. The van der Waals surface area contributed by atoms with Crippen molar-refractivity contribution >= 4 is 11.8 Å². The monoisotopic (exact) mass is 350 g/mol. The lowest BCUT2D eigenvalue weighted by atomic mass is 9.90. The van der Waals surface area contributed by atoms with Gasteiger partial charge in [0.1, 0.15) is 0 Å². The van der Waals surface area contributed by atoms with Crippen LogP contribution in [0.1, 0.15) is 49.0 Å². The highest BCUT2D eigenvalue weighted by atomic mass is 16.2. The molecule has 1 aliphatic heterocycles. The maximum absolute atomic E-state index is 13.0. The fraction of sp³-hybridized carbons (Fsp3) is 0.364. The predicted molar refractivity (Wildman–Crippen MR) is 103 cm³/mol. The maximum atomic E-state index is 13.0. The summed E-state index contributed by atoms with van der Waals surface area (Å²) >= 11 is 0. The first-order valence-electron chi connectivity index (χ1n) is 9.14. The van der Waals surface area contributed by atoms with Gasteiger partial charge in [-0.05, 0) is 30.0 Å². The van der Waals surface area contributed by atoms with Gasteiger partial charge >= 0.3 is 0 Å². The van der Waals surface area contributed by atoms with E-state index in [-0.39, 0.29) is 23.9 Å². The molecule has 4 heteroatoms. The molecule has 1 aliphatic rings. The summed E-state index contributed by atoms with van der Waals surface area (Å²) in [6.07, 6.45) is 1.15. The van der Waals surface area contributed by atoms with Crippen molar-refractivity contribution in [1.82, 2.24) is 9.80 Å². The van der Waals surface area contributed by atoms with E-state index in [4.69, 9.17) is 0 Å². The minimum absolute atomic E-state index is 0.00619. The maximum Gasteiger partial charge on any atom is 0.225 e. The number of hydrogen-bond acceptors (Lipinski definition) is 2. The van der Waals surface area contributed by atoms with Crippen LogP contribution in [-0.2, 0) is 16.0 Å². The van der Waals surface area contributed by atoms with Gasteiger partial charge in [-0.15, -0.1) is 0 Å². The van der Waals surface area contributed by atoms with Crippen molar-refractivity contribution < 1.29 is 9.59 Å². The molecule has 136 valence electrons. The highest BCUT2D eigenvalue weighted by Gasteiger charge is 2.32. The molecule has 2 atom stereocenters. The van der Waals surface area contributed by atoms with Crippen LogP contribution in [0, 0.1) is 0 Å². The van der Waals surface area contributed by atoms with Gasteiger partial charge < -0.3 is 9.80 Å². The average molecular weight is 350 g/mol. The van der Waals surface area contributed by atoms with Crippen molar-refractivity contribution in [3.8, 4) is 0 Å². The van der Waals surface area contributed by atoms with Gasteiger partial charge in [0.15, 0.2) is 0 Å². The summed E-state index contributed by atoms with van der Waals surface area (Å²) in [4.78, 5) is 28.7. The van der Waals surface area contributed by atoms with Crippen LogP contribution in [0.3, 0.4) is 0 Å². The van der Waals surface area contributed by atoms with Gasteiger partial charge in [-0.2, -0.15) is 0 Å². The van der Waals surface area contributed by atoms with Crippen LogP contribution in [0.15, 0.2) is 54.6 Å². The Hall–Kier alpha value is -2.62. The quantitative estimate of drug-likeness (QED) is 0.843. The Morgan fingerprint density at radius 1 is 1.12 bits per heavy atom. The molecule has 0 aromatic heterocycles. The van der Waals surface area contributed by atoms with E-state index in [1.807, 2.05) is 67.4 Å². The summed E-state index contributed by atoms with van der Waals surface area (Å²) in [6.45, 7) is 4.29. The van der Waals surface area contributed by atoms with Gasteiger partial charge in [-0.25, -0.2) is 0 Å². The van der Waals surface area contributed by atoms with Gasteiger partial charge in [-0.1, -0.05) is 54.6 Å². The molecule has 2 aromatic rings. The van der Waals surface area contributed by atoms with Crippen molar-refractivity contribution in [3.63, 3.8) is 0 Å². The summed E-state index contributed by atoms with van der Waals surface area (Å²) in [5.41, 5.74) is 3.44. The molecule has 4 nitrogen and oxygen atoms in total. The third-order valence-corrected chi connectivity index (χ3v) is 5.44. The van der Waals surface area contributed by atoms with Crippen LogP contribution in [0.2, 0.25) is 0 Å². The number of amides is 2. The zero-order chi connectivity index (χ0) is 18.7. The van der Waals surface area contributed by atoms with Crippen molar-refractivity contribution in [2.24, 2.45) is 0 Å². The van der Waals surface area contributed by atoms with Crippen molar-refractivity contribution in [2.75, 3.05) is 13.6 Å². The summed E-state index contributed by atoms with van der Waals surface area (Å²) < 4.78 is 0. The van der Waals surface area contributed by atoms with Gasteiger partial charge in [0.2, 0.25) is 11.8 Å². The second kappa shape index (κ2) is 7.73. The lowest BCUT2D eigenvalue weighted by molar-refractivity contribution is -0.137. The molecule has 2 unspecified atom stereocenters. The first-order chi connectivity index (χ1) is 12.5. The van der Waals surface area contributed by atoms with Gasteiger partial charge in [0.25, 0.3) is 0 Å². The highest BCUT2D eigenvalue weighted by molar-refractivity contribution is 5.80. The Bertz CT molecular complexity index is 788. The zero-order valence-corrected chi connectivity index (χ0v) is 15.7. The molecule has 2 aromatic carbocycles. The van der Waals surface area contributed by atoms with Crippen LogP contribution in [-0.4, -0.2) is 35.2 Å². The molecule has 0 saturated heterocycles. The number of carbonyl (C=O) groups is 2. The first kappa shape index (κ1) is 18.2. The van der Waals surface area contributed by atoms with Gasteiger partial charge in [0.05, 0.1) is 18.5 Å². The molecule has 2 amide bonds. The minimum Gasteiger partial charge on any atom is -0.339 e. The van der Waals surface area contributed by atoms with E-state index in [1.54, 1.807) is 11.8 Å². The number of fused-ring (bicyclic) bond motifs is 1. The van der Waals surface area contributed by atoms with Crippen LogP contribution in [0.25, 0.3) is 0 Å². The summed E-state index contributed by atoms with van der Waals surface area (Å²) in [5, 5.41) is 0. The number of hydrogen-bond donors (Lipinski definition) is 0. The second-order valence-electron chi connectivity index (χ2n) is 6.97. The van der Waals surface area contributed by atoms with E-state index < -0.39 is 0 Å². The smallest absolute Gasteiger partial charge is 0.225 e. The Morgan fingerprint density at radius 2 is 1.77 bits per heavy atom. The van der Waals surface area contributed by atoms with E-state index in [2.05, 4.69) is 6.07 Å². The first-order valence-corrected chi connectivity index (χ1v) is 9.14. The molecule has 0 aliphatic carbocycles. The van der Waals surface area contributed by atoms with Crippen LogP contribution in [0.5, 0.6) is 0 Å². The summed E-state index contributed by atoms with van der Waals surface area (Å²) in [7, 11) is 1.84. The van der Waals surface area contributed by atoms with E-state index >= 15 is 0 Å². The third-order valence-electron chi connectivity index (χ3n) is 5.44. The molecule has 0 saturated carbocycles.